The summed E-state index contributed by atoms with van der Waals surface area (Å²) in [6, 6.07) is 17.0. The Morgan fingerprint density at radius 1 is 1.18 bits per heavy atom. The Bertz CT molecular complexity index is 746. The third kappa shape index (κ3) is 3.69. The topological polar surface area (TPSA) is 42.2 Å². The molecule has 0 aliphatic rings. The summed E-state index contributed by atoms with van der Waals surface area (Å²) in [7, 11) is 1.61. The number of rotatable bonds is 5. The van der Waals surface area contributed by atoms with Gasteiger partial charge in [0.05, 0.1) is 18.8 Å². The smallest absolute Gasteiger partial charge is 0.148 e. The van der Waals surface area contributed by atoms with E-state index in [0.717, 1.165) is 16.9 Å². The Balaban J connectivity index is 2.36. The van der Waals surface area contributed by atoms with Crippen LogP contribution in [0.3, 0.4) is 0 Å². The minimum atomic E-state index is 0.190. The van der Waals surface area contributed by atoms with E-state index in [0.29, 0.717) is 11.3 Å². The first-order valence-electron chi connectivity index (χ1n) is 6.70. The molecule has 22 heavy (non-hydrogen) atoms. The number of nitrogens with zero attached hydrogens (tertiary/aromatic N) is 1. The molecule has 0 spiro atoms. The van der Waals surface area contributed by atoms with Gasteiger partial charge in [-0.1, -0.05) is 24.1 Å². The van der Waals surface area contributed by atoms with Crippen LogP contribution in [0.2, 0.25) is 0 Å². The first-order chi connectivity index (χ1) is 10.8. The van der Waals surface area contributed by atoms with Gasteiger partial charge in [0.15, 0.2) is 0 Å². The molecule has 2 rings (SSSR count). The maximum Gasteiger partial charge on any atom is 0.148 e. The van der Waals surface area contributed by atoms with Crippen LogP contribution in [-0.2, 0) is 0 Å². The van der Waals surface area contributed by atoms with E-state index in [-0.39, 0.29) is 6.61 Å². The van der Waals surface area contributed by atoms with Gasteiger partial charge < -0.3 is 9.47 Å². The molecule has 0 aromatic heterocycles. The zero-order valence-corrected chi connectivity index (χ0v) is 12.2. The van der Waals surface area contributed by atoms with Crippen LogP contribution in [0.4, 0.5) is 0 Å². The second-order valence-corrected chi connectivity index (χ2v) is 4.43. The molecule has 0 fully saturated rings. The number of ether oxygens (including phenoxy) is 2. The van der Waals surface area contributed by atoms with Crippen LogP contribution in [0.15, 0.2) is 48.5 Å². The van der Waals surface area contributed by atoms with Crippen molar-refractivity contribution in [3.05, 3.63) is 59.7 Å². The normalized spacial score (nSPS) is 10.4. The summed E-state index contributed by atoms with van der Waals surface area (Å²) < 4.78 is 10.6. The monoisotopic (exact) mass is 289 g/mol. The van der Waals surface area contributed by atoms with Gasteiger partial charge >= 0.3 is 0 Å². The average molecular weight is 289 g/mol. The lowest BCUT2D eigenvalue weighted by molar-refractivity contribution is 0.369. The standard InChI is InChI=1S/C19H15NO2/c1-3-12-22-19-7-5-4-6-16(19)13-17(14-20)15-8-10-18(21-2)11-9-15/h1,4-11,13H,12H2,2H3/b17-13+. The quantitative estimate of drug-likeness (QED) is 0.478. The molecule has 2 aromatic carbocycles. The number of para-hydroxylation sites is 1. The molecule has 0 saturated heterocycles. The van der Waals surface area contributed by atoms with Crippen LogP contribution in [-0.4, -0.2) is 13.7 Å². The van der Waals surface area contributed by atoms with Gasteiger partial charge in [-0.3, -0.25) is 0 Å². The highest BCUT2D eigenvalue weighted by Crippen LogP contribution is 2.25. The van der Waals surface area contributed by atoms with Crippen molar-refractivity contribution in [3.8, 4) is 29.9 Å². The molecule has 2 aromatic rings. The fourth-order valence-electron chi connectivity index (χ4n) is 1.96. The minimum absolute atomic E-state index is 0.190. The van der Waals surface area contributed by atoms with Crippen molar-refractivity contribution >= 4 is 11.6 Å². The summed E-state index contributed by atoms with van der Waals surface area (Å²) in [5.41, 5.74) is 2.17. The zero-order chi connectivity index (χ0) is 15.8. The predicted molar refractivity (Wildman–Crippen MR) is 87.2 cm³/mol. The van der Waals surface area contributed by atoms with Crippen LogP contribution in [0, 0.1) is 23.7 Å². The summed E-state index contributed by atoms with van der Waals surface area (Å²) >= 11 is 0. The van der Waals surface area contributed by atoms with E-state index in [1.807, 2.05) is 48.5 Å². The number of hydrogen-bond acceptors (Lipinski definition) is 3. The van der Waals surface area contributed by atoms with E-state index in [1.165, 1.54) is 0 Å². The van der Waals surface area contributed by atoms with Gasteiger partial charge in [0, 0.05) is 5.56 Å². The molecule has 0 saturated carbocycles. The molecular formula is C19H15NO2. The van der Waals surface area contributed by atoms with Crippen molar-refractivity contribution in [1.82, 2.24) is 0 Å². The second-order valence-electron chi connectivity index (χ2n) is 4.43. The zero-order valence-electron chi connectivity index (χ0n) is 12.2. The highest BCUT2D eigenvalue weighted by molar-refractivity contribution is 5.90. The van der Waals surface area contributed by atoms with Crippen LogP contribution in [0.25, 0.3) is 11.6 Å². The first-order valence-corrected chi connectivity index (χ1v) is 6.70. The molecular weight excluding hydrogens is 274 g/mol. The van der Waals surface area contributed by atoms with Crippen LogP contribution in [0.1, 0.15) is 11.1 Å². The number of benzene rings is 2. The minimum Gasteiger partial charge on any atom is -0.497 e. The number of methoxy groups -OCH3 is 1. The van der Waals surface area contributed by atoms with Gasteiger partial charge in [-0.05, 0) is 42.0 Å². The summed E-state index contributed by atoms with van der Waals surface area (Å²) in [4.78, 5) is 0. The molecule has 0 amide bonds. The molecule has 0 aliphatic carbocycles. The lowest BCUT2D eigenvalue weighted by atomic mass is 10.0. The summed E-state index contributed by atoms with van der Waals surface area (Å²) in [6.07, 6.45) is 7.00. The third-order valence-electron chi connectivity index (χ3n) is 3.05. The average Bonchev–Trinajstić information content (AvgIpc) is 2.59. The molecule has 3 heteroatoms. The SMILES string of the molecule is C#CCOc1ccccc1/C=C(\C#N)c1ccc(OC)cc1. The first kappa shape index (κ1) is 15.2. The van der Waals surface area contributed by atoms with Crippen LogP contribution in [0.5, 0.6) is 11.5 Å². The lowest BCUT2D eigenvalue weighted by Crippen LogP contribution is -1.95. The van der Waals surface area contributed by atoms with Crippen molar-refractivity contribution in [2.75, 3.05) is 13.7 Å². The van der Waals surface area contributed by atoms with E-state index in [2.05, 4.69) is 12.0 Å². The van der Waals surface area contributed by atoms with E-state index < -0.39 is 0 Å². The third-order valence-corrected chi connectivity index (χ3v) is 3.05. The van der Waals surface area contributed by atoms with Crippen LogP contribution < -0.4 is 9.47 Å². The van der Waals surface area contributed by atoms with Gasteiger partial charge in [-0.2, -0.15) is 5.26 Å². The van der Waals surface area contributed by atoms with E-state index in [9.17, 15) is 5.26 Å². The van der Waals surface area contributed by atoms with Crippen molar-refractivity contribution in [3.63, 3.8) is 0 Å². The maximum absolute atomic E-state index is 9.41. The Kier molecular flexibility index (Phi) is 5.24. The molecule has 0 N–H and O–H groups in total. The predicted octanol–water partition coefficient (Wildman–Crippen LogP) is 3.77. The fraction of sp³-hybridized carbons (Fsp3) is 0.105. The van der Waals surface area contributed by atoms with Gasteiger partial charge in [0.2, 0.25) is 0 Å². The van der Waals surface area contributed by atoms with Crippen molar-refractivity contribution in [1.29, 1.82) is 5.26 Å². The number of nitriles is 1. The molecule has 108 valence electrons. The van der Waals surface area contributed by atoms with E-state index in [4.69, 9.17) is 15.9 Å². The second kappa shape index (κ2) is 7.57. The largest absolute Gasteiger partial charge is 0.497 e. The Labute approximate surface area is 130 Å². The Hall–Kier alpha value is -3.17. The fourth-order valence-corrected chi connectivity index (χ4v) is 1.96. The lowest BCUT2D eigenvalue weighted by Gasteiger charge is -2.07. The van der Waals surface area contributed by atoms with Gasteiger partial charge in [0.25, 0.3) is 0 Å². The maximum atomic E-state index is 9.41. The van der Waals surface area contributed by atoms with Gasteiger partial charge in [-0.15, -0.1) is 6.42 Å². The molecule has 0 bridgehead atoms. The summed E-state index contributed by atoms with van der Waals surface area (Å²) in [6.45, 7) is 0.190. The molecule has 0 unspecified atom stereocenters. The molecule has 0 aliphatic heterocycles. The van der Waals surface area contributed by atoms with Crippen molar-refractivity contribution < 1.29 is 9.47 Å². The summed E-state index contributed by atoms with van der Waals surface area (Å²) in [5.74, 6) is 3.84. The Morgan fingerprint density at radius 3 is 2.55 bits per heavy atom. The van der Waals surface area contributed by atoms with E-state index >= 15 is 0 Å². The number of terminal acetylenes is 1. The molecule has 0 heterocycles. The van der Waals surface area contributed by atoms with Gasteiger partial charge in [-0.25, -0.2) is 0 Å². The van der Waals surface area contributed by atoms with Crippen molar-refractivity contribution in [2.45, 2.75) is 0 Å². The van der Waals surface area contributed by atoms with Gasteiger partial charge in [0.1, 0.15) is 18.1 Å². The summed E-state index contributed by atoms with van der Waals surface area (Å²) in [5, 5.41) is 9.41. The highest BCUT2D eigenvalue weighted by atomic mass is 16.5. The molecule has 0 atom stereocenters. The number of allylic oxidation sites excluding steroid dienone is 1. The molecule has 3 nitrogen and oxygen atoms in total. The van der Waals surface area contributed by atoms with E-state index in [1.54, 1.807) is 13.2 Å². The van der Waals surface area contributed by atoms with Crippen LogP contribution >= 0.6 is 0 Å². The Morgan fingerprint density at radius 2 is 1.91 bits per heavy atom. The number of hydrogen-bond donors (Lipinski definition) is 0. The van der Waals surface area contributed by atoms with Crippen molar-refractivity contribution in [2.24, 2.45) is 0 Å². The highest BCUT2D eigenvalue weighted by Gasteiger charge is 2.05. The molecule has 0 radical (unpaired) electrons.